The largest absolute Gasteiger partial charge is 0.335 e. The second-order valence-corrected chi connectivity index (χ2v) is 6.86. The molecule has 0 aliphatic heterocycles. The van der Waals surface area contributed by atoms with Crippen LogP contribution in [0.25, 0.3) is 16.9 Å². The van der Waals surface area contributed by atoms with Crippen LogP contribution in [0.3, 0.4) is 0 Å². The van der Waals surface area contributed by atoms with E-state index in [4.69, 9.17) is 4.98 Å². The molecular formula is C23H24FN3O. The highest BCUT2D eigenvalue weighted by Crippen LogP contribution is 2.27. The van der Waals surface area contributed by atoms with Gasteiger partial charge in [-0.2, -0.15) is 0 Å². The summed E-state index contributed by atoms with van der Waals surface area (Å²) in [6, 6.07) is 8.82. The summed E-state index contributed by atoms with van der Waals surface area (Å²) in [5.41, 5.74) is 4.64. The zero-order valence-corrected chi connectivity index (χ0v) is 16.3. The van der Waals surface area contributed by atoms with Crippen LogP contribution >= 0.6 is 0 Å². The Hall–Kier alpha value is -3.21. The lowest BCUT2D eigenvalue weighted by Gasteiger charge is -2.19. The third kappa shape index (κ3) is 3.88. The molecule has 0 fully saturated rings. The second-order valence-electron chi connectivity index (χ2n) is 6.86. The number of pyridine rings is 1. The van der Waals surface area contributed by atoms with E-state index in [0.717, 1.165) is 22.5 Å². The van der Waals surface area contributed by atoms with Gasteiger partial charge in [0.05, 0.1) is 17.8 Å². The van der Waals surface area contributed by atoms with E-state index in [1.54, 1.807) is 36.1 Å². The first-order valence-electron chi connectivity index (χ1n) is 9.18. The minimum Gasteiger partial charge on any atom is -0.335 e. The molecule has 0 aliphatic carbocycles. The van der Waals surface area contributed by atoms with Gasteiger partial charge in [-0.1, -0.05) is 18.2 Å². The number of amides is 1. The molecule has 2 heterocycles. The quantitative estimate of drug-likeness (QED) is 0.569. The smallest absolute Gasteiger partial charge is 0.229 e. The molecule has 0 atom stereocenters. The van der Waals surface area contributed by atoms with Crippen molar-refractivity contribution in [2.45, 2.75) is 20.3 Å². The fourth-order valence-corrected chi connectivity index (χ4v) is 3.24. The lowest BCUT2D eigenvalue weighted by molar-refractivity contribution is -0.129. The monoisotopic (exact) mass is 377 g/mol. The van der Waals surface area contributed by atoms with Crippen molar-refractivity contribution in [3.63, 3.8) is 0 Å². The summed E-state index contributed by atoms with van der Waals surface area (Å²) < 4.78 is 15.7. The molecule has 0 radical (unpaired) electrons. The molecule has 144 valence electrons. The first-order valence-corrected chi connectivity index (χ1v) is 9.18. The van der Waals surface area contributed by atoms with E-state index in [2.05, 4.69) is 13.2 Å². The number of hydrogen-bond acceptors (Lipinski definition) is 2. The van der Waals surface area contributed by atoms with Gasteiger partial charge in [0.1, 0.15) is 11.5 Å². The van der Waals surface area contributed by atoms with Gasteiger partial charge < -0.3 is 9.30 Å². The van der Waals surface area contributed by atoms with Crippen LogP contribution in [0.5, 0.6) is 0 Å². The molecule has 3 aromatic rings. The zero-order valence-electron chi connectivity index (χ0n) is 16.3. The number of halogens is 1. The molecular weight excluding hydrogens is 353 g/mol. The maximum absolute atomic E-state index is 13.8. The van der Waals surface area contributed by atoms with Crippen molar-refractivity contribution < 1.29 is 9.18 Å². The van der Waals surface area contributed by atoms with Crippen LogP contribution in [0.2, 0.25) is 0 Å². The molecule has 28 heavy (non-hydrogen) atoms. The van der Waals surface area contributed by atoms with Crippen molar-refractivity contribution in [1.29, 1.82) is 0 Å². The number of nitrogens with zero attached hydrogens (tertiary/aromatic N) is 3. The molecule has 0 N–H and O–H groups in total. The number of aryl methyl sites for hydroxylation is 2. The summed E-state index contributed by atoms with van der Waals surface area (Å²) in [6.45, 7) is 12.1. The van der Waals surface area contributed by atoms with Gasteiger partial charge >= 0.3 is 0 Å². The van der Waals surface area contributed by atoms with Crippen LogP contribution in [-0.2, 0) is 11.2 Å². The Balaban J connectivity index is 2.11. The molecule has 3 rings (SSSR count). The highest BCUT2D eigenvalue weighted by Gasteiger charge is 2.20. The Morgan fingerprint density at radius 1 is 1.18 bits per heavy atom. The molecule has 4 nitrogen and oxygen atoms in total. The van der Waals surface area contributed by atoms with Crippen LogP contribution in [0, 0.1) is 19.7 Å². The fourth-order valence-electron chi connectivity index (χ4n) is 3.24. The molecule has 1 amide bonds. The van der Waals surface area contributed by atoms with Crippen LogP contribution in [0.15, 0.2) is 61.8 Å². The van der Waals surface area contributed by atoms with E-state index >= 15 is 0 Å². The zero-order chi connectivity index (χ0) is 20.3. The van der Waals surface area contributed by atoms with Crippen molar-refractivity contribution >= 4 is 11.6 Å². The Labute approximate surface area is 164 Å². The number of rotatable bonds is 7. The molecule has 0 saturated heterocycles. The van der Waals surface area contributed by atoms with E-state index < -0.39 is 0 Å². The standard InChI is InChI=1S/C23H24FN3O/c1-5-11-26(12-6-2)22(28)14-20-23(18-8-9-19(24)17(4)13-18)25-21-10-7-16(3)15-27(20)21/h5-10,13,15H,1-2,11-12,14H2,3-4H3. The van der Waals surface area contributed by atoms with Gasteiger partial charge in [-0.25, -0.2) is 9.37 Å². The van der Waals surface area contributed by atoms with E-state index in [1.807, 2.05) is 29.7 Å². The predicted octanol–water partition coefficient (Wildman–Crippen LogP) is 4.50. The van der Waals surface area contributed by atoms with Crippen LogP contribution in [0.1, 0.15) is 16.8 Å². The van der Waals surface area contributed by atoms with Crippen molar-refractivity contribution in [2.75, 3.05) is 13.1 Å². The van der Waals surface area contributed by atoms with Gasteiger partial charge in [-0.3, -0.25) is 4.79 Å². The summed E-state index contributed by atoms with van der Waals surface area (Å²) in [6.07, 6.45) is 5.54. The third-order valence-corrected chi connectivity index (χ3v) is 4.67. The number of carbonyl (C=O) groups excluding carboxylic acids is 1. The van der Waals surface area contributed by atoms with Crippen LogP contribution in [0.4, 0.5) is 4.39 Å². The molecule has 0 bridgehead atoms. The van der Waals surface area contributed by atoms with Crippen molar-refractivity contribution in [3.8, 4) is 11.3 Å². The van der Waals surface area contributed by atoms with E-state index in [9.17, 15) is 9.18 Å². The number of benzene rings is 1. The Morgan fingerprint density at radius 3 is 2.54 bits per heavy atom. The minimum atomic E-state index is -0.260. The maximum atomic E-state index is 13.8. The summed E-state index contributed by atoms with van der Waals surface area (Å²) in [4.78, 5) is 19.4. The van der Waals surface area contributed by atoms with Gasteiger partial charge in [-0.15, -0.1) is 13.2 Å². The average Bonchev–Trinajstić information content (AvgIpc) is 3.01. The highest BCUT2D eigenvalue weighted by atomic mass is 19.1. The molecule has 5 heteroatoms. The van der Waals surface area contributed by atoms with Crippen LogP contribution < -0.4 is 0 Å². The Bertz CT molecular complexity index is 1040. The van der Waals surface area contributed by atoms with Crippen molar-refractivity contribution in [3.05, 3.63) is 84.5 Å². The average molecular weight is 377 g/mol. The van der Waals surface area contributed by atoms with E-state index in [1.165, 1.54) is 6.07 Å². The number of aromatic nitrogens is 2. The normalized spacial score (nSPS) is 10.8. The Kier molecular flexibility index (Phi) is 5.73. The molecule has 0 aliphatic rings. The molecule has 0 spiro atoms. The lowest BCUT2D eigenvalue weighted by atomic mass is 10.1. The molecule has 0 saturated carbocycles. The first kappa shape index (κ1) is 19.5. The third-order valence-electron chi connectivity index (χ3n) is 4.67. The predicted molar refractivity (Wildman–Crippen MR) is 111 cm³/mol. The second kappa shape index (κ2) is 8.21. The van der Waals surface area contributed by atoms with E-state index in [0.29, 0.717) is 24.3 Å². The topological polar surface area (TPSA) is 37.6 Å². The van der Waals surface area contributed by atoms with Gasteiger partial charge in [0, 0.05) is 24.8 Å². The van der Waals surface area contributed by atoms with Gasteiger partial charge in [0.25, 0.3) is 0 Å². The van der Waals surface area contributed by atoms with Crippen LogP contribution in [-0.4, -0.2) is 33.3 Å². The summed E-state index contributed by atoms with van der Waals surface area (Å²) in [7, 11) is 0. The van der Waals surface area contributed by atoms with Crippen molar-refractivity contribution in [2.24, 2.45) is 0 Å². The molecule has 0 unspecified atom stereocenters. The first-order chi connectivity index (χ1) is 13.4. The van der Waals surface area contributed by atoms with Gasteiger partial charge in [0.2, 0.25) is 5.91 Å². The SMILES string of the molecule is C=CCN(CC=C)C(=O)Cc1c(-c2ccc(F)c(C)c2)nc2ccc(C)cn12. The fraction of sp³-hybridized carbons (Fsp3) is 0.217. The van der Waals surface area contributed by atoms with E-state index in [-0.39, 0.29) is 18.1 Å². The number of imidazole rings is 1. The van der Waals surface area contributed by atoms with Gasteiger partial charge in [-0.05, 0) is 49.2 Å². The summed E-state index contributed by atoms with van der Waals surface area (Å²) in [5.74, 6) is -0.299. The highest BCUT2D eigenvalue weighted by molar-refractivity contribution is 5.82. The maximum Gasteiger partial charge on any atom is 0.229 e. The minimum absolute atomic E-state index is 0.0387. The number of carbonyl (C=O) groups is 1. The number of fused-ring (bicyclic) bond motifs is 1. The molecule has 1 aromatic carbocycles. The van der Waals surface area contributed by atoms with Crippen molar-refractivity contribution in [1.82, 2.24) is 14.3 Å². The molecule has 2 aromatic heterocycles. The summed E-state index contributed by atoms with van der Waals surface area (Å²) in [5, 5.41) is 0. The number of hydrogen-bond donors (Lipinski definition) is 0. The summed E-state index contributed by atoms with van der Waals surface area (Å²) >= 11 is 0. The van der Waals surface area contributed by atoms with Gasteiger partial charge in [0.15, 0.2) is 0 Å². The Morgan fingerprint density at radius 2 is 1.89 bits per heavy atom. The lowest BCUT2D eigenvalue weighted by Crippen LogP contribution is -2.33.